The van der Waals surface area contributed by atoms with Gasteiger partial charge in [0.1, 0.15) is 12.1 Å². The first-order valence-electron chi connectivity index (χ1n) is 8.81. The summed E-state index contributed by atoms with van der Waals surface area (Å²) >= 11 is 0. The van der Waals surface area contributed by atoms with E-state index < -0.39 is 0 Å². The van der Waals surface area contributed by atoms with Gasteiger partial charge in [-0.1, -0.05) is 18.2 Å². The van der Waals surface area contributed by atoms with Crippen molar-refractivity contribution < 1.29 is 0 Å². The van der Waals surface area contributed by atoms with Crippen LogP contribution in [0.15, 0.2) is 42.7 Å². The zero-order valence-electron chi connectivity index (χ0n) is 14.2. The molecule has 0 unspecified atom stereocenters. The summed E-state index contributed by atoms with van der Waals surface area (Å²) in [5.74, 6) is 1.74. The van der Waals surface area contributed by atoms with Crippen molar-refractivity contribution in [3.05, 3.63) is 54.1 Å². The van der Waals surface area contributed by atoms with Crippen molar-refractivity contribution in [3.63, 3.8) is 0 Å². The van der Waals surface area contributed by atoms with Crippen LogP contribution in [0, 0.1) is 6.92 Å². The Balaban J connectivity index is 1.63. The molecule has 0 aliphatic carbocycles. The van der Waals surface area contributed by atoms with E-state index in [-0.39, 0.29) is 0 Å². The van der Waals surface area contributed by atoms with Crippen LogP contribution < -0.4 is 4.90 Å². The van der Waals surface area contributed by atoms with Gasteiger partial charge in [-0.15, -0.1) is 0 Å². The average molecular weight is 332 g/mol. The van der Waals surface area contributed by atoms with Crippen LogP contribution in [0.3, 0.4) is 0 Å². The number of benzene rings is 1. The van der Waals surface area contributed by atoms with Crippen LogP contribution in [0.2, 0.25) is 0 Å². The number of piperidine rings is 1. The molecule has 1 aliphatic rings. The van der Waals surface area contributed by atoms with Gasteiger partial charge in [0.05, 0.1) is 6.04 Å². The highest BCUT2D eigenvalue weighted by atomic mass is 15.4. The fourth-order valence-corrected chi connectivity index (χ4v) is 3.92. The predicted octanol–water partition coefficient (Wildman–Crippen LogP) is 3.65. The number of aryl methyl sites for hydroxylation is 1. The Hall–Kier alpha value is -2.89. The molecule has 1 N–H and O–H groups in total. The molecule has 1 aliphatic heterocycles. The monoisotopic (exact) mass is 332 g/mol. The number of aromatic nitrogens is 5. The van der Waals surface area contributed by atoms with E-state index in [1.807, 2.05) is 11.4 Å². The van der Waals surface area contributed by atoms with Gasteiger partial charge in [-0.3, -0.25) is 0 Å². The number of nitrogens with one attached hydrogen (secondary N) is 1. The van der Waals surface area contributed by atoms with Gasteiger partial charge in [0.25, 0.3) is 5.78 Å². The van der Waals surface area contributed by atoms with E-state index in [0.29, 0.717) is 11.8 Å². The first-order valence-corrected chi connectivity index (χ1v) is 8.81. The SMILES string of the molecule is Cc1cc(N2CCCC[C@@H]2c2cc3ccccc3[nH]2)n2ncnc2n1. The molecule has 5 rings (SSSR count). The van der Waals surface area contributed by atoms with Gasteiger partial charge >= 0.3 is 0 Å². The van der Waals surface area contributed by atoms with Gasteiger partial charge in [0, 0.05) is 29.5 Å². The van der Waals surface area contributed by atoms with Crippen LogP contribution in [0.1, 0.15) is 36.7 Å². The van der Waals surface area contributed by atoms with Gasteiger partial charge < -0.3 is 9.88 Å². The number of aromatic amines is 1. The van der Waals surface area contributed by atoms with Crippen LogP contribution in [0.5, 0.6) is 0 Å². The van der Waals surface area contributed by atoms with Crippen molar-refractivity contribution in [1.29, 1.82) is 0 Å². The average Bonchev–Trinajstić information content (AvgIpc) is 3.27. The fourth-order valence-electron chi connectivity index (χ4n) is 3.92. The Bertz CT molecular complexity index is 1010. The van der Waals surface area contributed by atoms with Crippen LogP contribution in [0.4, 0.5) is 5.82 Å². The highest BCUT2D eigenvalue weighted by Crippen LogP contribution is 2.35. The number of hydrogen-bond acceptors (Lipinski definition) is 4. The van der Waals surface area contributed by atoms with Crippen molar-refractivity contribution in [2.75, 3.05) is 11.4 Å². The zero-order valence-corrected chi connectivity index (χ0v) is 14.2. The predicted molar refractivity (Wildman–Crippen MR) is 97.8 cm³/mol. The van der Waals surface area contributed by atoms with Crippen molar-refractivity contribution in [2.24, 2.45) is 0 Å². The number of hydrogen-bond donors (Lipinski definition) is 1. The molecule has 126 valence electrons. The summed E-state index contributed by atoms with van der Waals surface area (Å²) < 4.78 is 1.86. The topological polar surface area (TPSA) is 62.1 Å². The lowest BCUT2D eigenvalue weighted by molar-refractivity contribution is 0.460. The number of fused-ring (bicyclic) bond motifs is 2. The molecule has 0 bridgehead atoms. The van der Waals surface area contributed by atoms with E-state index in [1.165, 1.54) is 29.4 Å². The lowest BCUT2D eigenvalue weighted by Crippen LogP contribution is -2.35. The highest BCUT2D eigenvalue weighted by Gasteiger charge is 2.28. The van der Waals surface area contributed by atoms with Gasteiger partial charge in [-0.25, -0.2) is 4.98 Å². The first kappa shape index (κ1) is 14.5. The van der Waals surface area contributed by atoms with Crippen molar-refractivity contribution in [3.8, 4) is 0 Å². The summed E-state index contributed by atoms with van der Waals surface area (Å²) in [5, 5.41) is 5.66. The molecular weight excluding hydrogens is 312 g/mol. The van der Waals surface area contributed by atoms with Crippen molar-refractivity contribution >= 4 is 22.5 Å². The van der Waals surface area contributed by atoms with Crippen LogP contribution in [-0.2, 0) is 0 Å². The standard InChI is InChI=1S/C19H20N6/c1-13-10-18(25-19(22-13)20-12-21-25)24-9-5-4-8-17(24)16-11-14-6-2-3-7-15(14)23-16/h2-3,6-7,10-12,17,23H,4-5,8-9H2,1H3/t17-/m1/s1. The molecule has 0 saturated carbocycles. The molecule has 1 saturated heterocycles. The van der Waals surface area contributed by atoms with Crippen LogP contribution in [0.25, 0.3) is 16.7 Å². The Morgan fingerprint density at radius 3 is 3.00 bits per heavy atom. The molecule has 0 radical (unpaired) electrons. The second-order valence-corrected chi connectivity index (χ2v) is 6.74. The van der Waals surface area contributed by atoms with Gasteiger partial charge in [0.15, 0.2) is 0 Å². The summed E-state index contributed by atoms with van der Waals surface area (Å²) in [6.45, 7) is 3.03. The minimum absolute atomic E-state index is 0.315. The highest BCUT2D eigenvalue weighted by molar-refractivity contribution is 5.80. The second kappa shape index (κ2) is 5.58. The van der Waals surface area contributed by atoms with E-state index in [4.69, 9.17) is 0 Å². The minimum atomic E-state index is 0.315. The summed E-state index contributed by atoms with van der Waals surface area (Å²) in [6, 6.07) is 13.2. The molecule has 6 heteroatoms. The molecule has 4 heterocycles. The lowest BCUT2D eigenvalue weighted by atomic mass is 9.99. The van der Waals surface area contributed by atoms with Crippen molar-refractivity contribution in [1.82, 2.24) is 24.6 Å². The third kappa shape index (κ3) is 2.36. The molecule has 3 aromatic heterocycles. The maximum absolute atomic E-state index is 4.48. The Kier molecular flexibility index (Phi) is 3.23. The van der Waals surface area contributed by atoms with Gasteiger partial charge in [-0.05, 0) is 43.7 Å². The summed E-state index contributed by atoms with van der Waals surface area (Å²) in [6.07, 6.45) is 5.13. The van der Waals surface area contributed by atoms with E-state index in [9.17, 15) is 0 Å². The van der Waals surface area contributed by atoms with Crippen LogP contribution in [-0.4, -0.2) is 31.1 Å². The normalized spacial score (nSPS) is 18.3. The molecule has 25 heavy (non-hydrogen) atoms. The number of anilines is 1. The largest absolute Gasteiger partial charge is 0.357 e. The van der Waals surface area contributed by atoms with Crippen molar-refractivity contribution in [2.45, 2.75) is 32.2 Å². The molecule has 1 atom stereocenters. The quantitative estimate of drug-likeness (QED) is 0.609. The smallest absolute Gasteiger partial charge is 0.254 e. The first-order chi connectivity index (χ1) is 12.3. The molecule has 1 aromatic carbocycles. The Labute approximate surface area is 145 Å². The maximum atomic E-state index is 4.48. The number of H-pyrrole nitrogens is 1. The molecule has 0 amide bonds. The second-order valence-electron chi connectivity index (χ2n) is 6.74. The molecule has 0 spiro atoms. The Morgan fingerprint density at radius 2 is 2.08 bits per heavy atom. The third-order valence-electron chi connectivity index (χ3n) is 5.07. The summed E-state index contributed by atoms with van der Waals surface area (Å²) in [4.78, 5) is 14.8. The molecule has 1 fully saturated rings. The fraction of sp³-hybridized carbons (Fsp3) is 0.316. The Morgan fingerprint density at radius 1 is 1.16 bits per heavy atom. The lowest BCUT2D eigenvalue weighted by Gasteiger charge is -2.37. The van der Waals surface area contributed by atoms with Gasteiger partial charge in [-0.2, -0.15) is 14.6 Å². The third-order valence-corrected chi connectivity index (χ3v) is 5.07. The van der Waals surface area contributed by atoms with E-state index in [1.54, 1.807) is 6.33 Å². The maximum Gasteiger partial charge on any atom is 0.254 e. The minimum Gasteiger partial charge on any atom is -0.357 e. The van der Waals surface area contributed by atoms with E-state index >= 15 is 0 Å². The zero-order chi connectivity index (χ0) is 16.8. The molecule has 4 aromatic rings. The number of rotatable bonds is 2. The van der Waals surface area contributed by atoms with Crippen LogP contribution >= 0.6 is 0 Å². The molecular formula is C19H20N6. The van der Waals surface area contributed by atoms with Gasteiger partial charge in [0.2, 0.25) is 0 Å². The number of para-hydroxylation sites is 1. The van der Waals surface area contributed by atoms with E-state index in [2.05, 4.69) is 61.3 Å². The summed E-state index contributed by atoms with van der Waals surface area (Å²) in [5.41, 5.74) is 3.43. The summed E-state index contributed by atoms with van der Waals surface area (Å²) in [7, 11) is 0. The number of nitrogens with zero attached hydrogens (tertiary/aromatic N) is 5. The molecule has 6 nitrogen and oxygen atoms in total. The van der Waals surface area contributed by atoms with E-state index in [0.717, 1.165) is 24.5 Å².